The highest BCUT2D eigenvalue weighted by Gasteiger charge is 2.32. The molecule has 0 aliphatic heterocycles. The number of nitrogens with one attached hydrogen (secondary N) is 1. The van der Waals surface area contributed by atoms with Gasteiger partial charge in [-0.25, -0.2) is 4.39 Å². The van der Waals surface area contributed by atoms with Crippen molar-refractivity contribution in [2.24, 2.45) is 5.41 Å². The lowest BCUT2D eigenvalue weighted by Gasteiger charge is -2.36. The molecule has 0 fully saturated rings. The summed E-state index contributed by atoms with van der Waals surface area (Å²) in [5.41, 5.74) is 0.942. The summed E-state index contributed by atoms with van der Waals surface area (Å²) >= 11 is 0. The monoisotopic (exact) mass is 297 g/mol. The van der Waals surface area contributed by atoms with Crippen molar-refractivity contribution in [3.63, 3.8) is 0 Å². The first-order chi connectivity index (χ1) is 9.83. The van der Waals surface area contributed by atoms with Crippen LogP contribution in [0.3, 0.4) is 0 Å². The quantitative estimate of drug-likeness (QED) is 0.836. The average Bonchev–Trinajstić information content (AvgIpc) is 2.38. The van der Waals surface area contributed by atoms with Gasteiger partial charge in [-0.15, -0.1) is 0 Å². The average molecular weight is 297 g/mol. The number of benzene rings is 1. The van der Waals surface area contributed by atoms with Crippen LogP contribution in [-0.4, -0.2) is 32.9 Å². The molecule has 4 heteroatoms. The summed E-state index contributed by atoms with van der Waals surface area (Å²) in [4.78, 5) is 0. The molecule has 0 aromatic heterocycles. The van der Waals surface area contributed by atoms with Gasteiger partial charge in [-0.3, -0.25) is 0 Å². The molecule has 1 aromatic rings. The van der Waals surface area contributed by atoms with Crippen LogP contribution in [0, 0.1) is 11.2 Å². The van der Waals surface area contributed by atoms with Gasteiger partial charge in [-0.2, -0.15) is 0 Å². The molecule has 0 bridgehead atoms. The Morgan fingerprint density at radius 3 is 2.33 bits per heavy atom. The highest BCUT2D eigenvalue weighted by atomic mass is 19.1. The van der Waals surface area contributed by atoms with Crippen LogP contribution >= 0.6 is 0 Å². The van der Waals surface area contributed by atoms with Gasteiger partial charge >= 0.3 is 0 Å². The zero-order chi connectivity index (χ0) is 16.0. The Bertz CT molecular complexity index is 443. The molecule has 1 rings (SSSR count). The predicted octanol–water partition coefficient (Wildman–Crippen LogP) is 3.42. The smallest absolute Gasteiger partial charge is 0.165 e. The largest absolute Gasteiger partial charge is 0.494 e. The van der Waals surface area contributed by atoms with E-state index in [2.05, 4.69) is 33.0 Å². The van der Waals surface area contributed by atoms with Gasteiger partial charge in [-0.1, -0.05) is 33.8 Å². The van der Waals surface area contributed by atoms with Crippen molar-refractivity contribution in [3.8, 4) is 5.75 Å². The van der Waals surface area contributed by atoms with Gasteiger partial charge in [-0.05, 0) is 36.1 Å². The maximum absolute atomic E-state index is 13.8. The molecular weight excluding hydrogens is 269 g/mol. The summed E-state index contributed by atoms with van der Waals surface area (Å²) in [5.74, 6) is -0.0483. The number of hydrogen-bond acceptors (Lipinski definition) is 3. The van der Waals surface area contributed by atoms with Crippen LogP contribution in [0.1, 0.15) is 33.3 Å². The zero-order valence-corrected chi connectivity index (χ0v) is 14.0. The van der Waals surface area contributed by atoms with E-state index in [1.54, 1.807) is 19.2 Å². The van der Waals surface area contributed by atoms with Crippen LogP contribution in [0.15, 0.2) is 18.2 Å². The predicted molar refractivity (Wildman–Crippen MR) is 84.4 cm³/mol. The first kappa shape index (κ1) is 17.9. The van der Waals surface area contributed by atoms with Crippen molar-refractivity contribution in [2.75, 3.05) is 20.8 Å². The summed E-state index contributed by atoms with van der Waals surface area (Å²) < 4.78 is 24.5. The molecule has 0 saturated heterocycles. The van der Waals surface area contributed by atoms with Crippen LogP contribution in [-0.2, 0) is 11.2 Å². The molecule has 3 nitrogen and oxygen atoms in total. The lowest BCUT2D eigenvalue weighted by molar-refractivity contribution is -0.0106. The highest BCUT2D eigenvalue weighted by molar-refractivity contribution is 5.30. The minimum Gasteiger partial charge on any atom is -0.494 e. The molecule has 0 heterocycles. The van der Waals surface area contributed by atoms with E-state index in [0.717, 1.165) is 12.1 Å². The Kier molecular flexibility index (Phi) is 6.62. The Labute approximate surface area is 127 Å². The summed E-state index contributed by atoms with van der Waals surface area (Å²) in [6.07, 6.45) is 0.757. The molecule has 0 spiro atoms. The molecule has 21 heavy (non-hydrogen) atoms. The molecule has 0 saturated carbocycles. The molecule has 0 amide bonds. The minimum absolute atomic E-state index is 0.00655. The van der Waals surface area contributed by atoms with Crippen molar-refractivity contribution >= 4 is 0 Å². The van der Waals surface area contributed by atoms with Gasteiger partial charge in [0.25, 0.3) is 0 Å². The topological polar surface area (TPSA) is 30.5 Å². The van der Waals surface area contributed by atoms with E-state index in [-0.39, 0.29) is 29.1 Å². The molecule has 120 valence electrons. The molecule has 0 radical (unpaired) electrons. The molecule has 2 atom stereocenters. The van der Waals surface area contributed by atoms with Crippen LogP contribution in [0.2, 0.25) is 0 Å². The van der Waals surface area contributed by atoms with Gasteiger partial charge in [0.1, 0.15) is 0 Å². The summed E-state index contributed by atoms with van der Waals surface area (Å²) in [7, 11) is 3.20. The number of rotatable bonds is 7. The van der Waals surface area contributed by atoms with Gasteiger partial charge in [0.15, 0.2) is 11.6 Å². The lowest BCUT2D eigenvalue weighted by Crippen LogP contribution is -2.49. The Hall–Kier alpha value is -1.13. The molecule has 1 aromatic carbocycles. The van der Waals surface area contributed by atoms with Gasteiger partial charge in [0.2, 0.25) is 0 Å². The van der Waals surface area contributed by atoms with Crippen molar-refractivity contribution < 1.29 is 13.9 Å². The fourth-order valence-electron chi connectivity index (χ4n) is 2.76. The van der Waals surface area contributed by atoms with Gasteiger partial charge in [0, 0.05) is 13.2 Å². The Morgan fingerprint density at radius 2 is 1.90 bits per heavy atom. The van der Waals surface area contributed by atoms with Gasteiger partial charge < -0.3 is 14.8 Å². The van der Waals surface area contributed by atoms with E-state index in [0.29, 0.717) is 6.42 Å². The van der Waals surface area contributed by atoms with Crippen LogP contribution in [0.4, 0.5) is 4.39 Å². The van der Waals surface area contributed by atoms with Crippen LogP contribution in [0.5, 0.6) is 5.75 Å². The summed E-state index contributed by atoms with van der Waals surface area (Å²) in [5, 5.41) is 3.46. The standard InChI is InChI=1S/C17H28FNO2/c1-7-19-14(16(21-6)17(2,3)4)11-12-8-9-15(20-5)13(18)10-12/h8-10,14,16,19H,7,11H2,1-6H3. The SMILES string of the molecule is CCNC(Cc1ccc(OC)c(F)c1)C(OC)C(C)(C)C. The molecule has 0 aliphatic carbocycles. The summed E-state index contributed by atoms with van der Waals surface area (Å²) in [6, 6.07) is 5.25. The fourth-order valence-corrected chi connectivity index (χ4v) is 2.76. The number of likely N-dealkylation sites (N-methyl/N-ethyl adjacent to an activating group) is 1. The second-order valence-electron chi connectivity index (χ2n) is 6.36. The normalized spacial score (nSPS) is 14.8. The first-order valence-electron chi connectivity index (χ1n) is 7.42. The third kappa shape index (κ3) is 4.97. The lowest BCUT2D eigenvalue weighted by atomic mass is 9.82. The zero-order valence-electron chi connectivity index (χ0n) is 14.0. The maximum Gasteiger partial charge on any atom is 0.165 e. The van der Waals surface area contributed by atoms with Crippen molar-refractivity contribution in [2.45, 2.75) is 46.3 Å². The minimum atomic E-state index is -0.324. The van der Waals surface area contributed by atoms with Crippen LogP contribution < -0.4 is 10.1 Å². The van der Waals surface area contributed by atoms with E-state index >= 15 is 0 Å². The van der Waals surface area contributed by atoms with E-state index in [1.807, 2.05) is 6.07 Å². The molecule has 1 N–H and O–H groups in total. The maximum atomic E-state index is 13.8. The number of halogens is 1. The second kappa shape index (κ2) is 7.76. The third-order valence-electron chi connectivity index (χ3n) is 3.61. The van der Waals surface area contributed by atoms with Crippen LogP contribution in [0.25, 0.3) is 0 Å². The van der Waals surface area contributed by atoms with Crippen molar-refractivity contribution in [3.05, 3.63) is 29.6 Å². The third-order valence-corrected chi connectivity index (χ3v) is 3.61. The van der Waals surface area contributed by atoms with E-state index in [9.17, 15) is 4.39 Å². The highest BCUT2D eigenvalue weighted by Crippen LogP contribution is 2.27. The molecule has 0 aliphatic rings. The van der Waals surface area contributed by atoms with Crippen molar-refractivity contribution in [1.82, 2.24) is 5.32 Å². The summed E-state index contributed by atoms with van der Waals surface area (Å²) in [6.45, 7) is 9.37. The Balaban J connectivity index is 2.94. The number of methoxy groups -OCH3 is 2. The number of hydrogen-bond donors (Lipinski definition) is 1. The number of ether oxygens (including phenoxy) is 2. The second-order valence-corrected chi connectivity index (χ2v) is 6.36. The fraction of sp³-hybridized carbons (Fsp3) is 0.647. The van der Waals surface area contributed by atoms with Crippen molar-refractivity contribution in [1.29, 1.82) is 0 Å². The van der Waals surface area contributed by atoms with E-state index in [4.69, 9.17) is 9.47 Å². The molecular formula is C17H28FNO2. The first-order valence-corrected chi connectivity index (χ1v) is 7.42. The van der Waals surface area contributed by atoms with E-state index < -0.39 is 0 Å². The van der Waals surface area contributed by atoms with E-state index in [1.165, 1.54) is 7.11 Å². The Morgan fingerprint density at radius 1 is 1.24 bits per heavy atom. The molecule has 2 unspecified atom stereocenters. The van der Waals surface area contributed by atoms with Gasteiger partial charge in [0.05, 0.1) is 13.2 Å².